The van der Waals surface area contributed by atoms with Gasteiger partial charge in [0, 0.05) is 25.8 Å². The lowest BCUT2D eigenvalue weighted by Gasteiger charge is -2.30. The summed E-state index contributed by atoms with van der Waals surface area (Å²) in [5, 5.41) is 3.21. The van der Waals surface area contributed by atoms with Gasteiger partial charge in [0.1, 0.15) is 5.82 Å². The largest absolute Gasteiger partial charge is 0.374 e. The molecule has 17 heavy (non-hydrogen) atoms. The molecule has 94 valence electrons. The smallest absolute Gasteiger partial charge is 0.221 e. The molecule has 1 atom stereocenters. The Morgan fingerprint density at radius 1 is 1.71 bits per heavy atom. The highest BCUT2D eigenvalue weighted by molar-refractivity contribution is 9.10. The second-order valence-corrected chi connectivity index (χ2v) is 4.92. The van der Waals surface area contributed by atoms with E-state index in [9.17, 15) is 0 Å². The van der Waals surface area contributed by atoms with Crippen molar-refractivity contribution >= 4 is 27.7 Å². The molecule has 1 unspecified atom stereocenters. The number of rotatable bonds is 3. The quantitative estimate of drug-likeness (QED) is 0.850. The molecule has 7 heteroatoms. The Bertz CT molecular complexity index is 389. The van der Waals surface area contributed by atoms with E-state index in [4.69, 9.17) is 10.5 Å². The van der Waals surface area contributed by atoms with Gasteiger partial charge in [-0.3, -0.25) is 0 Å². The van der Waals surface area contributed by atoms with Gasteiger partial charge >= 0.3 is 0 Å². The third-order valence-corrected chi connectivity index (χ3v) is 3.18. The number of hydrogen-bond acceptors (Lipinski definition) is 6. The number of nitrogen functional groups attached to an aromatic ring is 1. The van der Waals surface area contributed by atoms with Crippen molar-refractivity contribution in [2.45, 2.75) is 6.10 Å². The summed E-state index contributed by atoms with van der Waals surface area (Å²) < 4.78 is 6.45. The highest BCUT2D eigenvalue weighted by Crippen LogP contribution is 2.19. The van der Waals surface area contributed by atoms with Crippen LogP contribution in [0.3, 0.4) is 0 Å². The van der Waals surface area contributed by atoms with Crippen molar-refractivity contribution in [3.05, 3.63) is 10.7 Å². The predicted octanol–water partition coefficient (Wildman–Crippen LogP) is 0.564. The summed E-state index contributed by atoms with van der Waals surface area (Å²) in [4.78, 5) is 10.3. The molecule has 0 aromatic carbocycles. The number of nitrogens with zero attached hydrogens (tertiary/aromatic N) is 3. The molecule has 0 amide bonds. The van der Waals surface area contributed by atoms with Crippen LogP contribution in [0.2, 0.25) is 0 Å². The Kier molecular flexibility index (Phi) is 4.14. The molecule has 0 saturated carbocycles. The first-order chi connectivity index (χ1) is 8.15. The fourth-order valence-electron chi connectivity index (χ4n) is 1.71. The van der Waals surface area contributed by atoms with Gasteiger partial charge in [0.05, 0.1) is 17.2 Å². The number of likely N-dealkylation sites (N-methyl/N-ethyl adjacent to an activating group) is 1. The Hall–Kier alpha value is -0.920. The summed E-state index contributed by atoms with van der Waals surface area (Å²) >= 11 is 3.37. The molecular formula is C10H16BrN5O. The van der Waals surface area contributed by atoms with Gasteiger partial charge in [-0.2, -0.15) is 4.98 Å². The molecule has 0 radical (unpaired) electrons. The molecule has 1 aliphatic rings. The fraction of sp³-hybridized carbons (Fsp3) is 0.600. The van der Waals surface area contributed by atoms with Crippen LogP contribution in [-0.2, 0) is 4.74 Å². The maximum Gasteiger partial charge on any atom is 0.221 e. The molecule has 0 aliphatic carbocycles. The molecule has 2 rings (SSSR count). The minimum Gasteiger partial charge on any atom is -0.374 e. The van der Waals surface area contributed by atoms with E-state index in [2.05, 4.69) is 43.2 Å². The van der Waals surface area contributed by atoms with Crippen LogP contribution in [0.4, 0.5) is 11.8 Å². The number of hydrogen-bond donors (Lipinski definition) is 2. The minimum absolute atomic E-state index is 0.178. The van der Waals surface area contributed by atoms with E-state index in [1.54, 1.807) is 6.20 Å². The van der Waals surface area contributed by atoms with E-state index in [1.165, 1.54) is 0 Å². The fourth-order valence-corrected chi connectivity index (χ4v) is 2.04. The van der Waals surface area contributed by atoms with Gasteiger partial charge in [-0.25, -0.2) is 4.98 Å². The normalized spacial score (nSPS) is 21.4. The third-order valence-electron chi connectivity index (χ3n) is 2.60. The average molecular weight is 302 g/mol. The van der Waals surface area contributed by atoms with E-state index < -0.39 is 0 Å². The first-order valence-corrected chi connectivity index (χ1v) is 6.26. The van der Waals surface area contributed by atoms with Crippen LogP contribution in [0.5, 0.6) is 0 Å². The number of halogens is 1. The number of aromatic nitrogens is 2. The minimum atomic E-state index is 0.178. The summed E-state index contributed by atoms with van der Waals surface area (Å²) in [5.41, 5.74) is 5.54. The highest BCUT2D eigenvalue weighted by Gasteiger charge is 2.17. The molecule has 0 spiro atoms. The molecule has 6 nitrogen and oxygen atoms in total. The second-order valence-electron chi connectivity index (χ2n) is 4.06. The molecule has 3 N–H and O–H groups in total. The molecule has 1 fully saturated rings. The standard InChI is InChI=1S/C10H16BrN5O/c1-16-2-3-17-7(6-16)4-13-9-8(11)5-14-10(12)15-9/h5,7H,2-4,6H2,1H3,(H3,12,13,14,15). The van der Waals surface area contributed by atoms with Crippen molar-refractivity contribution in [3.8, 4) is 0 Å². The van der Waals surface area contributed by atoms with Crippen LogP contribution < -0.4 is 11.1 Å². The first-order valence-electron chi connectivity index (χ1n) is 5.47. The SMILES string of the molecule is CN1CCOC(CNc2nc(N)ncc2Br)C1. The average Bonchev–Trinajstić information content (AvgIpc) is 2.30. The Morgan fingerprint density at radius 2 is 2.53 bits per heavy atom. The maximum absolute atomic E-state index is 5.65. The Balaban J connectivity index is 1.90. The summed E-state index contributed by atoms with van der Waals surface area (Å²) in [6.07, 6.45) is 1.82. The molecule has 2 heterocycles. The summed E-state index contributed by atoms with van der Waals surface area (Å²) in [6, 6.07) is 0. The van der Waals surface area contributed by atoms with Crippen LogP contribution in [0.25, 0.3) is 0 Å². The van der Waals surface area contributed by atoms with Gasteiger partial charge in [-0.05, 0) is 23.0 Å². The molecule has 1 aliphatic heterocycles. The lowest BCUT2D eigenvalue weighted by atomic mass is 10.3. The molecule has 1 aromatic rings. The summed E-state index contributed by atoms with van der Waals surface area (Å²) in [6.45, 7) is 3.39. The lowest BCUT2D eigenvalue weighted by Crippen LogP contribution is -2.43. The van der Waals surface area contributed by atoms with Crippen LogP contribution >= 0.6 is 15.9 Å². The van der Waals surface area contributed by atoms with Crippen molar-refractivity contribution in [1.82, 2.24) is 14.9 Å². The van der Waals surface area contributed by atoms with Crippen LogP contribution in [-0.4, -0.2) is 54.3 Å². The number of anilines is 2. The van der Waals surface area contributed by atoms with Crippen molar-refractivity contribution in [1.29, 1.82) is 0 Å². The number of ether oxygens (including phenoxy) is 1. The molecule has 1 aromatic heterocycles. The van der Waals surface area contributed by atoms with E-state index >= 15 is 0 Å². The number of nitrogens with one attached hydrogen (secondary N) is 1. The van der Waals surface area contributed by atoms with Gasteiger partial charge in [0.2, 0.25) is 5.95 Å². The molecule has 0 bridgehead atoms. The van der Waals surface area contributed by atoms with E-state index in [1.807, 2.05) is 0 Å². The van der Waals surface area contributed by atoms with Gasteiger partial charge in [-0.1, -0.05) is 0 Å². The molecule has 1 saturated heterocycles. The van der Waals surface area contributed by atoms with Crippen LogP contribution in [0.1, 0.15) is 0 Å². The third kappa shape index (κ3) is 3.52. The van der Waals surface area contributed by atoms with Crippen molar-refractivity contribution < 1.29 is 4.74 Å². The van der Waals surface area contributed by atoms with Crippen LogP contribution in [0.15, 0.2) is 10.7 Å². The maximum atomic E-state index is 5.65. The monoisotopic (exact) mass is 301 g/mol. The first kappa shape index (κ1) is 12.5. The Morgan fingerprint density at radius 3 is 3.29 bits per heavy atom. The van der Waals surface area contributed by atoms with E-state index in [-0.39, 0.29) is 12.1 Å². The summed E-state index contributed by atoms with van der Waals surface area (Å²) in [5.74, 6) is 0.965. The highest BCUT2D eigenvalue weighted by atomic mass is 79.9. The van der Waals surface area contributed by atoms with Crippen molar-refractivity contribution in [2.24, 2.45) is 0 Å². The number of nitrogens with two attached hydrogens (primary N) is 1. The van der Waals surface area contributed by atoms with E-state index in [0.717, 1.165) is 24.2 Å². The lowest BCUT2D eigenvalue weighted by molar-refractivity contribution is -0.0117. The zero-order valence-corrected chi connectivity index (χ0v) is 11.3. The Labute approximate surface area is 109 Å². The summed E-state index contributed by atoms with van der Waals surface area (Å²) in [7, 11) is 2.09. The van der Waals surface area contributed by atoms with Gasteiger partial charge in [0.15, 0.2) is 0 Å². The van der Waals surface area contributed by atoms with Gasteiger partial charge in [0.25, 0.3) is 0 Å². The zero-order valence-electron chi connectivity index (χ0n) is 9.69. The topological polar surface area (TPSA) is 76.3 Å². The van der Waals surface area contributed by atoms with Gasteiger partial charge in [-0.15, -0.1) is 0 Å². The van der Waals surface area contributed by atoms with E-state index in [0.29, 0.717) is 12.4 Å². The molecular weight excluding hydrogens is 286 g/mol. The van der Waals surface area contributed by atoms with Gasteiger partial charge < -0.3 is 20.7 Å². The second kappa shape index (κ2) is 5.61. The van der Waals surface area contributed by atoms with Crippen LogP contribution in [0, 0.1) is 0 Å². The zero-order chi connectivity index (χ0) is 12.3. The number of morpholine rings is 1. The van der Waals surface area contributed by atoms with Crippen molar-refractivity contribution in [3.63, 3.8) is 0 Å². The predicted molar refractivity (Wildman–Crippen MR) is 69.9 cm³/mol. The van der Waals surface area contributed by atoms with Crippen molar-refractivity contribution in [2.75, 3.05) is 44.3 Å².